The number of aromatic hydroxyl groups is 1. The van der Waals surface area contributed by atoms with Crippen molar-refractivity contribution in [2.75, 3.05) is 57.3 Å². The van der Waals surface area contributed by atoms with E-state index in [0.717, 1.165) is 84.1 Å². The summed E-state index contributed by atoms with van der Waals surface area (Å²) in [5, 5.41) is 20.9. The molecule has 10 rings (SSSR count). The van der Waals surface area contributed by atoms with E-state index in [1.54, 1.807) is 19.2 Å². The molecule has 4 N–H and O–H groups in total. The van der Waals surface area contributed by atoms with Gasteiger partial charge in [0.1, 0.15) is 40.5 Å². The average molecular weight is 916 g/mol. The molecule has 0 radical (unpaired) electrons. The van der Waals surface area contributed by atoms with Crippen molar-refractivity contribution < 1.29 is 32.6 Å². The van der Waals surface area contributed by atoms with Crippen LogP contribution in [0.3, 0.4) is 0 Å². The lowest BCUT2D eigenvalue weighted by molar-refractivity contribution is -0.134. The number of halogens is 3. The number of hydrogen-bond donors (Lipinski definition) is 4. The lowest BCUT2D eigenvalue weighted by atomic mass is 9.71. The van der Waals surface area contributed by atoms with Gasteiger partial charge in [-0.05, 0) is 119 Å². The number of piperazine rings is 1. The van der Waals surface area contributed by atoms with Crippen LogP contribution in [-0.2, 0) is 9.59 Å². The number of allylic oxidation sites excluding steroid dienone is 4. The van der Waals surface area contributed by atoms with E-state index in [1.807, 2.05) is 0 Å². The summed E-state index contributed by atoms with van der Waals surface area (Å²) in [6, 6.07) is 5.59. The zero-order valence-electron chi connectivity index (χ0n) is 37.8. The molecule has 1 spiro atoms. The number of pyridine rings is 1. The SMILES string of the molecule is C#Cc1c(F)ccc2cc(O)cc(-c3ncc4c(N5CC6CCC(C5)N6)nc(OCC5(CN6CCC7(CC6)CCN(/C(C=C)=C(F)/C=C(\C)NC6CCC(=O)NC6=O)CC7)CC5)nc4c3F)c12. The van der Waals surface area contributed by atoms with Gasteiger partial charge < -0.3 is 35.2 Å². The van der Waals surface area contributed by atoms with Gasteiger partial charge in [-0.3, -0.25) is 19.9 Å². The molecule has 3 unspecified atom stereocenters. The van der Waals surface area contributed by atoms with Crippen molar-refractivity contribution in [2.24, 2.45) is 10.8 Å². The predicted molar refractivity (Wildman–Crippen MR) is 249 cm³/mol. The van der Waals surface area contributed by atoms with Gasteiger partial charge in [0.15, 0.2) is 5.82 Å². The van der Waals surface area contributed by atoms with E-state index >= 15 is 13.2 Å². The number of rotatable bonds is 12. The quantitative estimate of drug-likeness (QED) is 0.0677. The van der Waals surface area contributed by atoms with E-state index in [9.17, 15) is 14.7 Å². The molecule has 5 saturated heterocycles. The van der Waals surface area contributed by atoms with Crippen LogP contribution in [0.15, 0.2) is 66.4 Å². The van der Waals surface area contributed by atoms with Crippen LogP contribution < -0.4 is 25.6 Å². The second-order valence-electron chi connectivity index (χ2n) is 19.7. The summed E-state index contributed by atoms with van der Waals surface area (Å²) >= 11 is 0. The first-order valence-corrected chi connectivity index (χ1v) is 23.5. The molecule has 5 aliphatic heterocycles. The molecule has 6 fully saturated rings. The molecule has 4 aromatic rings. The van der Waals surface area contributed by atoms with Gasteiger partial charge in [-0.1, -0.05) is 18.6 Å². The van der Waals surface area contributed by atoms with Crippen molar-refractivity contribution in [2.45, 2.75) is 89.3 Å². The van der Waals surface area contributed by atoms with Crippen LogP contribution >= 0.6 is 0 Å². The number of carbonyl (C=O) groups excluding carboxylic acids is 2. The molecular weight excluding hydrogens is 860 g/mol. The van der Waals surface area contributed by atoms with Crippen LogP contribution in [-0.4, -0.2) is 112 Å². The Morgan fingerprint density at radius 1 is 1.04 bits per heavy atom. The number of benzene rings is 2. The number of imide groups is 1. The molecule has 2 aromatic carbocycles. The second kappa shape index (κ2) is 17.8. The molecule has 2 amide bonds. The lowest BCUT2D eigenvalue weighted by Gasteiger charge is -2.48. The average Bonchev–Trinajstić information content (AvgIpc) is 4.00. The van der Waals surface area contributed by atoms with E-state index in [1.165, 1.54) is 30.3 Å². The van der Waals surface area contributed by atoms with E-state index in [4.69, 9.17) is 21.1 Å². The smallest absolute Gasteiger partial charge is 0.319 e. The van der Waals surface area contributed by atoms with Gasteiger partial charge in [0, 0.05) is 79.5 Å². The minimum absolute atomic E-state index is 0.0232. The molecule has 13 nitrogen and oxygen atoms in total. The van der Waals surface area contributed by atoms with Gasteiger partial charge in [-0.15, -0.1) is 6.42 Å². The Balaban J connectivity index is 0.819. The fraction of sp³-hybridized carbons (Fsp3) is 0.471. The van der Waals surface area contributed by atoms with Crippen LogP contribution in [0.1, 0.15) is 76.7 Å². The van der Waals surface area contributed by atoms with Gasteiger partial charge in [0.05, 0.1) is 23.3 Å². The standard InChI is InChI=1S/C51H56F3N9O4/c1-4-35-38(52)9-6-31-23-34(64)24-36(43(31)35)45-44(54)46-37(25-55-45)47(63-26-32-7-8-33(27-63)57-32)60-49(59-46)67-29-51(12-13-51)28-61-18-14-50(15-19-61)16-20-62(21-17-50)41(5-2)39(53)22-30(3)56-40-10-11-42(65)58-48(40)66/h1,5-6,9,22-25,32-33,40,56-57,64H,2,7-8,10-21,26-29H2,3H3,(H,58,65,66)/b30-22+,41-39-. The molecule has 16 heteroatoms. The molecule has 7 heterocycles. The summed E-state index contributed by atoms with van der Waals surface area (Å²) in [6.45, 7) is 11.6. The molecule has 1 aliphatic carbocycles. The van der Waals surface area contributed by atoms with E-state index in [0.29, 0.717) is 54.1 Å². The minimum Gasteiger partial charge on any atom is -0.508 e. The summed E-state index contributed by atoms with van der Waals surface area (Å²) in [6.07, 6.45) is 18.9. The van der Waals surface area contributed by atoms with Gasteiger partial charge in [0.25, 0.3) is 0 Å². The minimum atomic E-state index is -0.745. The van der Waals surface area contributed by atoms with Crippen LogP contribution in [0.5, 0.6) is 11.8 Å². The summed E-state index contributed by atoms with van der Waals surface area (Å²) < 4.78 is 54.3. The number of aromatic nitrogens is 3. The Morgan fingerprint density at radius 3 is 2.46 bits per heavy atom. The molecule has 67 heavy (non-hydrogen) atoms. The Bertz CT molecular complexity index is 2760. The van der Waals surface area contributed by atoms with Gasteiger partial charge in [-0.25, -0.2) is 13.2 Å². The van der Waals surface area contributed by atoms with Crippen LogP contribution in [0.2, 0.25) is 0 Å². The Morgan fingerprint density at radius 2 is 1.78 bits per heavy atom. The highest BCUT2D eigenvalue weighted by molar-refractivity contribution is 6.03. The van der Waals surface area contributed by atoms with Crippen molar-refractivity contribution in [3.63, 3.8) is 0 Å². The van der Waals surface area contributed by atoms with E-state index in [-0.39, 0.29) is 74.7 Å². The summed E-state index contributed by atoms with van der Waals surface area (Å²) in [4.78, 5) is 44.7. The maximum Gasteiger partial charge on any atom is 0.319 e. The number of phenolic OH excluding ortho intramolecular Hbond substituents is 1. The van der Waals surface area contributed by atoms with E-state index in [2.05, 4.69) is 48.1 Å². The third kappa shape index (κ3) is 8.91. The highest BCUT2D eigenvalue weighted by Crippen LogP contribution is 2.49. The molecular formula is C51H56F3N9O4. The lowest BCUT2D eigenvalue weighted by Crippen LogP contribution is -2.51. The zero-order chi connectivity index (χ0) is 46.6. The monoisotopic (exact) mass is 915 g/mol. The number of likely N-dealkylation sites (tertiary alicyclic amines) is 2. The molecule has 6 aliphatic rings. The Hall–Kier alpha value is -6.18. The molecule has 2 aromatic heterocycles. The zero-order valence-corrected chi connectivity index (χ0v) is 37.8. The fourth-order valence-corrected chi connectivity index (χ4v) is 11.2. The third-order valence-corrected chi connectivity index (χ3v) is 15.1. The number of amides is 2. The number of fused-ring (bicyclic) bond motifs is 4. The van der Waals surface area contributed by atoms with Gasteiger partial charge in [0.2, 0.25) is 11.8 Å². The Kier molecular flexibility index (Phi) is 11.9. The van der Waals surface area contributed by atoms with Crippen molar-refractivity contribution in [3.8, 4) is 35.4 Å². The summed E-state index contributed by atoms with van der Waals surface area (Å²) in [7, 11) is 0. The number of nitrogens with one attached hydrogen (secondary N) is 3. The molecule has 2 bridgehead atoms. The number of nitrogens with zero attached hydrogens (tertiary/aromatic N) is 6. The fourth-order valence-electron chi connectivity index (χ4n) is 11.2. The second-order valence-corrected chi connectivity index (χ2v) is 19.7. The molecule has 350 valence electrons. The Labute approximate surface area is 387 Å². The number of piperidine rings is 3. The number of carbonyl (C=O) groups is 2. The number of anilines is 1. The van der Waals surface area contributed by atoms with Crippen molar-refractivity contribution in [1.82, 2.24) is 40.7 Å². The molecule has 3 atom stereocenters. The topological polar surface area (TPSA) is 148 Å². The number of terminal acetylenes is 1. The van der Waals surface area contributed by atoms with Gasteiger partial charge >= 0.3 is 6.01 Å². The van der Waals surface area contributed by atoms with Crippen molar-refractivity contribution >= 4 is 39.3 Å². The van der Waals surface area contributed by atoms with Gasteiger partial charge in [-0.2, -0.15) is 9.97 Å². The highest BCUT2D eigenvalue weighted by Gasteiger charge is 2.47. The summed E-state index contributed by atoms with van der Waals surface area (Å²) in [5.41, 5.74) is 1.05. The molecule has 1 saturated carbocycles. The normalized spacial score (nSPS) is 24.1. The highest BCUT2D eigenvalue weighted by atomic mass is 19.1. The van der Waals surface area contributed by atoms with Crippen LogP contribution in [0.4, 0.5) is 19.0 Å². The van der Waals surface area contributed by atoms with Crippen molar-refractivity contribution in [1.29, 1.82) is 0 Å². The van der Waals surface area contributed by atoms with Crippen molar-refractivity contribution in [3.05, 3.63) is 83.6 Å². The first kappa shape index (κ1) is 44.6. The number of hydrogen-bond acceptors (Lipinski definition) is 12. The summed E-state index contributed by atoms with van der Waals surface area (Å²) in [5.74, 6) is 0.322. The number of phenols is 1. The maximum atomic E-state index is 17.1. The predicted octanol–water partition coefficient (Wildman–Crippen LogP) is 6.75. The van der Waals surface area contributed by atoms with Crippen LogP contribution in [0, 0.1) is 34.8 Å². The van der Waals surface area contributed by atoms with E-state index < -0.39 is 29.4 Å². The maximum absolute atomic E-state index is 17.1. The third-order valence-electron chi connectivity index (χ3n) is 15.1. The number of ether oxygens (including phenoxy) is 1. The first-order chi connectivity index (χ1) is 32.3. The first-order valence-electron chi connectivity index (χ1n) is 23.5. The van der Waals surface area contributed by atoms with Crippen LogP contribution in [0.25, 0.3) is 32.9 Å². The largest absolute Gasteiger partial charge is 0.508 e.